The van der Waals surface area contributed by atoms with Crippen molar-refractivity contribution in [2.24, 2.45) is 5.73 Å². The third-order valence-corrected chi connectivity index (χ3v) is 6.39. The minimum atomic E-state index is -3.57. The molecule has 0 bridgehead atoms. The van der Waals surface area contributed by atoms with Gasteiger partial charge in [-0.1, -0.05) is 6.07 Å². The third kappa shape index (κ3) is 4.89. The smallest absolute Gasteiger partial charge is 0.251 e. The predicted molar refractivity (Wildman–Crippen MR) is 114 cm³/mol. The first-order valence-corrected chi connectivity index (χ1v) is 11.6. The number of anilines is 2. The molecule has 2 heterocycles. The molecule has 3 aromatic rings. The zero-order valence-electron chi connectivity index (χ0n) is 16.7. The SMILES string of the molecule is CC(C)(O)c1cc(F)c(-c2cc(C(N)=O)c(Nc3cccc(S(C)(=O)=O)n3)s2)c(F)c1. The monoisotopic (exact) mass is 467 g/mol. The lowest BCUT2D eigenvalue weighted by molar-refractivity contribution is 0.0778. The van der Waals surface area contributed by atoms with E-state index in [1.165, 1.54) is 38.1 Å². The van der Waals surface area contributed by atoms with Crippen molar-refractivity contribution in [2.45, 2.75) is 24.5 Å². The van der Waals surface area contributed by atoms with Gasteiger partial charge in [0.25, 0.3) is 5.91 Å². The van der Waals surface area contributed by atoms with Gasteiger partial charge in [0.05, 0.1) is 16.7 Å². The average molecular weight is 468 g/mol. The van der Waals surface area contributed by atoms with E-state index in [0.717, 1.165) is 29.7 Å². The number of pyridine rings is 1. The Balaban J connectivity index is 2.08. The zero-order valence-corrected chi connectivity index (χ0v) is 18.4. The quantitative estimate of drug-likeness (QED) is 0.510. The molecule has 164 valence electrons. The second-order valence-electron chi connectivity index (χ2n) is 7.35. The Morgan fingerprint density at radius 3 is 2.32 bits per heavy atom. The van der Waals surface area contributed by atoms with Gasteiger partial charge >= 0.3 is 0 Å². The number of nitrogens with zero attached hydrogens (tertiary/aromatic N) is 1. The van der Waals surface area contributed by atoms with Gasteiger partial charge in [-0.25, -0.2) is 22.2 Å². The molecule has 0 saturated heterocycles. The summed E-state index contributed by atoms with van der Waals surface area (Å²) in [6.07, 6.45) is 1.00. The highest BCUT2D eigenvalue weighted by molar-refractivity contribution is 7.90. The lowest BCUT2D eigenvalue weighted by Crippen LogP contribution is -2.16. The highest BCUT2D eigenvalue weighted by atomic mass is 32.2. The molecule has 0 radical (unpaired) electrons. The number of thiophene rings is 1. The first-order valence-electron chi connectivity index (χ1n) is 8.87. The molecule has 1 aromatic carbocycles. The second-order valence-corrected chi connectivity index (χ2v) is 10.4. The van der Waals surface area contributed by atoms with Crippen LogP contribution < -0.4 is 11.1 Å². The van der Waals surface area contributed by atoms with Gasteiger partial charge in [-0.05, 0) is 49.7 Å². The molecule has 7 nitrogen and oxygen atoms in total. The van der Waals surface area contributed by atoms with E-state index in [-0.39, 0.29) is 37.4 Å². The highest BCUT2D eigenvalue weighted by Gasteiger charge is 2.24. The van der Waals surface area contributed by atoms with E-state index < -0.39 is 33.0 Å². The molecule has 2 aromatic heterocycles. The number of amides is 1. The summed E-state index contributed by atoms with van der Waals surface area (Å²) in [5.41, 5.74) is 3.59. The zero-order chi connectivity index (χ0) is 23.1. The summed E-state index contributed by atoms with van der Waals surface area (Å²) in [4.78, 5) is 15.9. The summed E-state index contributed by atoms with van der Waals surface area (Å²) in [6.45, 7) is 2.80. The standard InChI is InChI=1S/C20H19F2N3O4S2/c1-20(2,27)10-7-12(21)17(13(22)8-10)14-9-11(18(23)26)19(30-14)25-15-5-4-6-16(24-15)31(3,28)29/h4-9,27H,1-3H3,(H2,23,26)(H,24,25). The van der Waals surface area contributed by atoms with Crippen LogP contribution in [0.3, 0.4) is 0 Å². The maximum atomic E-state index is 14.7. The van der Waals surface area contributed by atoms with E-state index in [1.807, 2.05) is 0 Å². The Bertz CT molecular complexity index is 1260. The van der Waals surface area contributed by atoms with Crippen molar-refractivity contribution in [3.05, 3.63) is 59.2 Å². The number of sulfone groups is 1. The van der Waals surface area contributed by atoms with Crippen molar-refractivity contribution in [1.29, 1.82) is 0 Å². The summed E-state index contributed by atoms with van der Waals surface area (Å²) in [7, 11) is -3.57. The number of primary amides is 1. The van der Waals surface area contributed by atoms with Crippen LogP contribution in [0.4, 0.5) is 19.6 Å². The Morgan fingerprint density at radius 1 is 1.19 bits per heavy atom. The Kier molecular flexibility index (Phi) is 5.87. The van der Waals surface area contributed by atoms with E-state index in [2.05, 4.69) is 10.3 Å². The van der Waals surface area contributed by atoms with Crippen LogP contribution in [0.5, 0.6) is 0 Å². The summed E-state index contributed by atoms with van der Waals surface area (Å²) in [6, 6.07) is 7.51. The normalized spacial score (nSPS) is 12.1. The van der Waals surface area contributed by atoms with Crippen LogP contribution >= 0.6 is 11.3 Å². The summed E-state index contributed by atoms with van der Waals surface area (Å²) in [5.74, 6) is -2.58. The number of hydrogen-bond donors (Lipinski definition) is 3. The number of aromatic nitrogens is 1. The highest BCUT2D eigenvalue weighted by Crippen LogP contribution is 2.40. The molecule has 0 unspecified atom stereocenters. The van der Waals surface area contributed by atoms with Crippen LogP contribution in [0, 0.1) is 11.6 Å². The van der Waals surface area contributed by atoms with Crippen LogP contribution in [0.15, 0.2) is 41.4 Å². The van der Waals surface area contributed by atoms with Gasteiger partial charge < -0.3 is 16.2 Å². The summed E-state index contributed by atoms with van der Waals surface area (Å²) < 4.78 is 52.9. The van der Waals surface area contributed by atoms with Gasteiger partial charge in [-0.15, -0.1) is 11.3 Å². The van der Waals surface area contributed by atoms with Crippen LogP contribution in [0.25, 0.3) is 10.4 Å². The number of carbonyl (C=O) groups excluding carboxylic acids is 1. The van der Waals surface area contributed by atoms with E-state index in [0.29, 0.717) is 0 Å². The number of nitrogens with one attached hydrogen (secondary N) is 1. The van der Waals surface area contributed by atoms with E-state index >= 15 is 0 Å². The fraction of sp³-hybridized carbons (Fsp3) is 0.200. The van der Waals surface area contributed by atoms with E-state index in [4.69, 9.17) is 5.73 Å². The predicted octanol–water partition coefficient (Wildman–Crippen LogP) is 3.56. The third-order valence-electron chi connectivity index (χ3n) is 4.34. The number of halogens is 2. The molecule has 4 N–H and O–H groups in total. The molecule has 0 atom stereocenters. The van der Waals surface area contributed by atoms with Crippen molar-refractivity contribution >= 4 is 37.9 Å². The molecule has 0 fully saturated rings. The number of rotatable bonds is 6. The number of aliphatic hydroxyl groups is 1. The van der Waals surface area contributed by atoms with Crippen LogP contribution in [-0.4, -0.2) is 30.7 Å². The van der Waals surface area contributed by atoms with Crippen molar-refractivity contribution < 1.29 is 27.1 Å². The van der Waals surface area contributed by atoms with Gasteiger partial charge in [-0.2, -0.15) is 0 Å². The molecule has 0 aliphatic rings. The summed E-state index contributed by atoms with van der Waals surface area (Å²) >= 11 is 0.847. The lowest BCUT2D eigenvalue weighted by Gasteiger charge is -2.18. The molecule has 0 aliphatic heterocycles. The molecule has 31 heavy (non-hydrogen) atoms. The van der Waals surface area contributed by atoms with E-state index in [1.54, 1.807) is 0 Å². The Hall–Kier alpha value is -2.89. The van der Waals surface area contributed by atoms with Crippen LogP contribution in [-0.2, 0) is 15.4 Å². The Morgan fingerprint density at radius 2 is 1.81 bits per heavy atom. The topological polar surface area (TPSA) is 122 Å². The van der Waals surface area contributed by atoms with Gasteiger partial charge in [0, 0.05) is 11.1 Å². The maximum Gasteiger partial charge on any atom is 0.251 e. The number of carbonyl (C=O) groups is 1. The van der Waals surface area contributed by atoms with Crippen molar-refractivity contribution in [1.82, 2.24) is 4.98 Å². The molecule has 0 spiro atoms. The minimum absolute atomic E-state index is 0.0445. The molecule has 1 amide bonds. The molecular formula is C20H19F2N3O4S2. The van der Waals surface area contributed by atoms with Gasteiger partial charge in [0.1, 0.15) is 22.5 Å². The van der Waals surface area contributed by atoms with Crippen molar-refractivity contribution in [2.75, 3.05) is 11.6 Å². The lowest BCUT2D eigenvalue weighted by atomic mass is 9.96. The summed E-state index contributed by atoms with van der Waals surface area (Å²) in [5, 5.41) is 12.8. The van der Waals surface area contributed by atoms with Crippen LogP contribution in [0.2, 0.25) is 0 Å². The van der Waals surface area contributed by atoms with Crippen molar-refractivity contribution in [3.8, 4) is 10.4 Å². The largest absolute Gasteiger partial charge is 0.386 e. The fourth-order valence-electron chi connectivity index (χ4n) is 2.76. The molecule has 0 saturated carbocycles. The number of benzene rings is 1. The number of nitrogens with two attached hydrogens (primary N) is 1. The molecule has 11 heteroatoms. The van der Waals surface area contributed by atoms with Crippen molar-refractivity contribution in [3.63, 3.8) is 0 Å². The minimum Gasteiger partial charge on any atom is -0.386 e. The number of hydrogen-bond acceptors (Lipinski definition) is 7. The van der Waals surface area contributed by atoms with Gasteiger partial charge in [-0.3, -0.25) is 4.79 Å². The van der Waals surface area contributed by atoms with Crippen LogP contribution in [0.1, 0.15) is 29.8 Å². The fourth-order valence-corrected chi connectivity index (χ4v) is 4.47. The molecule has 0 aliphatic carbocycles. The Labute approximate surface area is 181 Å². The molecular weight excluding hydrogens is 448 g/mol. The second kappa shape index (κ2) is 7.98. The van der Waals surface area contributed by atoms with E-state index in [9.17, 15) is 27.1 Å². The van der Waals surface area contributed by atoms with Gasteiger partial charge in [0.2, 0.25) is 0 Å². The maximum absolute atomic E-state index is 14.7. The average Bonchev–Trinajstić information content (AvgIpc) is 3.03. The van der Waals surface area contributed by atoms with Gasteiger partial charge in [0.15, 0.2) is 14.9 Å². The first-order chi connectivity index (χ1) is 14.3. The molecule has 3 rings (SSSR count). The first kappa shape index (κ1) is 22.8.